The van der Waals surface area contributed by atoms with Gasteiger partial charge >= 0.3 is 11.9 Å². The minimum absolute atomic E-state index is 0.0513. The number of hydrogen-bond donors (Lipinski definition) is 1. The summed E-state index contributed by atoms with van der Waals surface area (Å²) in [6.45, 7) is 3.95. The first kappa shape index (κ1) is 29.8. The van der Waals surface area contributed by atoms with Crippen LogP contribution in [0.25, 0.3) is 0 Å². The van der Waals surface area contributed by atoms with E-state index < -0.39 is 28.7 Å². The Labute approximate surface area is 250 Å². The Kier molecular flexibility index (Phi) is 9.32. The number of nitrogens with one attached hydrogen (secondary N) is 1. The van der Waals surface area contributed by atoms with Gasteiger partial charge in [0.05, 0.1) is 30.0 Å². The molecule has 1 fully saturated rings. The molecular weight excluding hydrogens is 588 g/mol. The SMILES string of the molecule is CCOC(=O)Cn1cc(C2CCC(C3=C(C(=O)OCC)C(c4ccc(F)c(F)c4Cl)N=C(c4nccs4)N3)CC2)cn1. The lowest BCUT2D eigenvalue weighted by molar-refractivity contribution is -0.144. The number of aliphatic imine (C=N–C) groups is 1. The van der Waals surface area contributed by atoms with Crippen molar-refractivity contribution in [1.82, 2.24) is 20.1 Å². The monoisotopic (exact) mass is 617 g/mol. The molecule has 1 saturated carbocycles. The number of benzene rings is 1. The van der Waals surface area contributed by atoms with Crippen LogP contribution in [0.3, 0.4) is 0 Å². The first-order valence-corrected chi connectivity index (χ1v) is 15.0. The molecule has 1 unspecified atom stereocenters. The summed E-state index contributed by atoms with van der Waals surface area (Å²) < 4.78 is 40.6. The van der Waals surface area contributed by atoms with Gasteiger partial charge < -0.3 is 14.8 Å². The first-order valence-electron chi connectivity index (χ1n) is 13.8. The van der Waals surface area contributed by atoms with Crippen LogP contribution < -0.4 is 5.32 Å². The number of esters is 2. The summed E-state index contributed by atoms with van der Waals surface area (Å²) in [4.78, 5) is 34.4. The molecule has 0 bridgehead atoms. The number of rotatable bonds is 9. The highest BCUT2D eigenvalue weighted by Crippen LogP contribution is 2.44. The third-order valence-electron chi connectivity index (χ3n) is 7.42. The molecule has 5 rings (SSSR count). The maximum absolute atomic E-state index is 14.6. The van der Waals surface area contributed by atoms with Gasteiger partial charge in [0, 0.05) is 29.0 Å². The highest BCUT2D eigenvalue weighted by molar-refractivity contribution is 7.11. The summed E-state index contributed by atoms with van der Waals surface area (Å²) in [5.74, 6) is -2.68. The molecule has 1 N–H and O–H groups in total. The number of allylic oxidation sites excluding steroid dienone is 1. The van der Waals surface area contributed by atoms with Crippen molar-refractivity contribution in [3.05, 3.63) is 80.2 Å². The highest BCUT2D eigenvalue weighted by atomic mass is 35.5. The summed E-state index contributed by atoms with van der Waals surface area (Å²) in [6, 6.07) is 1.30. The Balaban J connectivity index is 1.46. The zero-order valence-electron chi connectivity index (χ0n) is 23.1. The topological polar surface area (TPSA) is 108 Å². The van der Waals surface area contributed by atoms with Gasteiger partial charge in [-0.2, -0.15) is 5.10 Å². The largest absolute Gasteiger partial charge is 0.465 e. The van der Waals surface area contributed by atoms with Crippen LogP contribution in [0.15, 0.2) is 52.4 Å². The van der Waals surface area contributed by atoms with E-state index >= 15 is 0 Å². The van der Waals surface area contributed by atoms with Crippen molar-refractivity contribution in [2.45, 2.75) is 58.0 Å². The molecule has 2 aliphatic rings. The fourth-order valence-corrected chi connectivity index (χ4v) is 6.32. The predicted molar refractivity (Wildman–Crippen MR) is 153 cm³/mol. The van der Waals surface area contributed by atoms with Gasteiger partial charge in [-0.25, -0.2) is 18.6 Å². The fourth-order valence-electron chi connectivity index (χ4n) is 5.48. The van der Waals surface area contributed by atoms with Crippen molar-refractivity contribution in [3.63, 3.8) is 0 Å². The Morgan fingerprint density at radius 1 is 1.12 bits per heavy atom. The van der Waals surface area contributed by atoms with E-state index in [1.165, 1.54) is 17.4 Å². The standard InChI is InChI=1S/C29H30ClF2N5O4S/c1-3-40-21(38)15-37-14-18(13-34-37)16-5-7-17(8-6-16)25-22(29(39)41-4-2)26(19-9-10-20(31)24(32)23(19)30)36-27(35-25)28-33-11-12-42-28/h9-14,16-17,26H,3-8,15H2,1-2H3,(H,35,36). The Morgan fingerprint density at radius 2 is 1.86 bits per heavy atom. The second-order valence-electron chi connectivity index (χ2n) is 9.98. The molecule has 13 heteroatoms. The van der Waals surface area contributed by atoms with Gasteiger partial charge in [-0.3, -0.25) is 14.5 Å². The van der Waals surface area contributed by atoms with Crippen LogP contribution in [0.1, 0.15) is 67.6 Å². The summed E-state index contributed by atoms with van der Waals surface area (Å²) in [6.07, 6.45) is 8.35. The molecule has 0 spiro atoms. The molecule has 222 valence electrons. The van der Waals surface area contributed by atoms with E-state index in [1.54, 1.807) is 36.3 Å². The van der Waals surface area contributed by atoms with Gasteiger partial charge in [-0.05, 0) is 63.0 Å². The van der Waals surface area contributed by atoms with Gasteiger partial charge in [0.2, 0.25) is 0 Å². The summed E-state index contributed by atoms with van der Waals surface area (Å²) in [5.41, 5.74) is 2.03. The lowest BCUT2D eigenvalue weighted by atomic mass is 9.76. The van der Waals surface area contributed by atoms with Crippen LogP contribution in [0.5, 0.6) is 0 Å². The van der Waals surface area contributed by atoms with E-state index in [0.717, 1.165) is 37.3 Å². The van der Waals surface area contributed by atoms with Crippen molar-refractivity contribution in [3.8, 4) is 0 Å². The number of amidine groups is 1. The normalized spacial score (nSPS) is 20.6. The number of carbonyl (C=O) groups excluding carboxylic acids is 2. The van der Waals surface area contributed by atoms with Crippen molar-refractivity contribution in [2.75, 3.05) is 13.2 Å². The fraction of sp³-hybridized carbons (Fsp3) is 0.414. The summed E-state index contributed by atoms with van der Waals surface area (Å²) in [5, 5.41) is 9.62. The quantitative estimate of drug-likeness (QED) is 0.242. The lowest BCUT2D eigenvalue weighted by Gasteiger charge is -2.35. The van der Waals surface area contributed by atoms with Crippen LogP contribution >= 0.6 is 22.9 Å². The smallest absolute Gasteiger partial charge is 0.338 e. The molecule has 0 amide bonds. The van der Waals surface area contributed by atoms with Crippen LogP contribution in [0.4, 0.5) is 8.78 Å². The maximum atomic E-state index is 14.6. The number of halogens is 3. The van der Waals surface area contributed by atoms with Crippen LogP contribution in [0.2, 0.25) is 5.02 Å². The summed E-state index contributed by atoms with van der Waals surface area (Å²) in [7, 11) is 0. The molecule has 1 aliphatic heterocycles. The van der Waals surface area contributed by atoms with Gasteiger partial charge in [0.1, 0.15) is 12.6 Å². The van der Waals surface area contributed by atoms with Crippen molar-refractivity contribution < 1.29 is 27.8 Å². The third kappa shape index (κ3) is 6.24. The van der Waals surface area contributed by atoms with Gasteiger partial charge in [-0.15, -0.1) is 11.3 Å². The number of thiazole rings is 1. The molecule has 9 nitrogen and oxygen atoms in total. The minimum Gasteiger partial charge on any atom is -0.465 e. The summed E-state index contributed by atoms with van der Waals surface area (Å²) >= 11 is 7.65. The number of nitrogens with zero attached hydrogens (tertiary/aromatic N) is 4. The molecule has 42 heavy (non-hydrogen) atoms. The highest BCUT2D eigenvalue weighted by Gasteiger charge is 2.38. The molecule has 0 saturated heterocycles. The van der Waals surface area contributed by atoms with E-state index in [9.17, 15) is 18.4 Å². The lowest BCUT2D eigenvalue weighted by Crippen LogP contribution is -2.38. The predicted octanol–water partition coefficient (Wildman–Crippen LogP) is 5.72. The molecular formula is C29H30ClF2N5O4S. The van der Waals surface area contributed by atoms with Gasteiger partial charge in [-0.1, -0.05) is 17.7 Å². The van der Waals surface area contributed by atoms with Crippen molar-refractivity contribution in [2.24, 2.45) is 10.9 Å². The maximum Gasteiger partial charge on any atom is 0.338 e. The number of ether oxygens (including phenoxy) is 2. The van der Waals surface area contributed by atoms with E-state index in [-0.39, 0.29) is 42.1 Å². The van der Waals surface area contributed by atoms with Crippen LogP contribution in [-0.4, -0.2) is 45.8 Å². The Hall–Kier alpha value is -3.64. The molecule has 2 aromatic heterocycles. The zero-order chi connectivity index (χ0) is 29.8. The van der Waals surface area contributed by atoms with Crippen molar-refractivity contribution in [1.29, 1.82) is 0 Å². The van der Waals surface area contributed by atoms with E-state index in [2.05, 4.69) is 15.4 Å². The second-order valence-corrected chi connectivity index (χ2v) is 11.3. The average Bonchev–Trinajstić information content (AvgIpc) is 3.69. The van der Waals surface area contributed by atoms with Crippen LogP contribution in [-0.2, 0) is 25.6 Å². The molecule has 1 atom stereocenters. The Bertz CT molecular complexity index is 1520. The van der Waals surface area contributed by atoms with E-state index in [1.807, 2.05) is 6.20 Å². The molecule has 1 aromatic carbocycles. The first-order chi connectivity index (χ1) is 20.3. The number of aromatic nitrogens is 3. The van der Waals surface area contributed by atoms with Gasteiger partial charge in [0.25, 0.3) is 0 Å². The van der Waals surface area contributed by atoms with Gasteiger partial charge in [0.15, 0.2) is 22.5 Å². The minimum atomic E-state index is -1.20. The number of carbonyl (C=O) groups is 2. The van der Waals surface area contributed by atoms with E-state index in [4.69, 9.17) is 26.1 Å². The zero-order valence-corrected chi connectivity index (χ0v) is 24.7. The number of hydrogen-bond acceptors (Lipinski definition) is 9. The van der Waals surface area contributed by atoms with Crippen LogP contribution in [0, 0.1) is 17.6 Å². The molecule has 3 aromatic rings. The van der Waals surface area contributed by atoms with E-state index in [0.29, 0.717) is 23.1 Å². The van der Waals surface area contributed by atoms with Crippen molar-refractivity contribution >= 4 is 40.7 Å². The average molecular weight is 618 g/mol. The third-order valence-corrected chi connectivity index (χ3v) is 8.59. The molecule has 1 aliphatic carbocycles. The Morgan fingerprint density at radius 3 is 2.55 bits per heavy atom. The molecule has 0 radical (unpaired) electrons. The molecule has 3 heterocycles. The second kappa shape index (κ2) is 13.1.